The molecule has 0 aliphatic carbocycles. The Morgan fingerprint density at radius 2 is 1.56 bits per heavy atom. The Kier molecular flexibility index (Phi) is 7.01. The lowest BCUT2D eigenvalue weighted by molar-refractivity contribution is -0.141. The van der Waals surface area contributed by atoms with Gasteiger partial charge < -0.3 is 14.2 Å². The number of carbonyl (C=O) groups excluding carboxylic acids is 2. The summed E-state index contributed by atoms with van der Waals surface area (Å²) in [5.74, 6) is 0.966. The van der Waals surface area contributed by atoms with Crippen molar-refractivity contribution in [3.63, 3.8) is 0 Å². The zero-order chi connectivity index (χ0) is 18.2. The quantitative estimate of drug-likeness (QED) is 0.287. The number of alkyl halides is 1. The highest BCUT2D eigenvalue weighted by atomic mass is 79.9. The van der Waals surface area contributed by atoms with Gasteiger partial charge in [-0.1, -0.05) is 28.1 Å². The number of ether oxygens (including phenoxy) is 3. The van der Waals surface area contributed by atoms with Gasteiger partial charge in [-0.05, 0) is 42.0 Å². The van der Waals surface area contributed by atoms with Crippen LogP contribution in [0.1, 0.15) is 27.7 Å². The van der Waals surface area contributed by atoms with Gasteiger partial charge in [0.05, 0.1) is 7.11 Å². The summed E-state index contributed by atoms with van der Waals surface area (Å²) >= 11 is 3.45. The van der Waals surface area contributed by atoms with E-state index in [0.717, 1.165) is 11.3 Å². The van der Waals surface area contributed by atoms with Crippen LogP contribution in [0.4, 0.5) is 0 Å². The second-order valence-electron chi connectivity index (χ2n) is 5.21. The highest BCUT2D eigenvalue weighted by molar-refractivity contribution is 9.09. The fourth-order valence-electron chi connectivity index (χ4n) is 2.13. The number of methoxy groups -OCH3 is 1. The molecule has 1 atom stereocenters. The zero-order valence-corrected chi connectivity index (χ0v) is 15.6. The van der Waals surface area contributed by atoms with Crippen LogP contribution >= 0.6 is 15.9 Å². The minimum atomic E-state index is -0.436. The van der Waals surface area contributed by atoms with Crippen molar-refractivity contribution in [3.8, 4) is 11.5 Å². The lowest BCUT2D eigenvalue weighted by Crippen LogP contribution is -2.10. The van der Waals surface area contributed by atoms with Crippen LogP contribution in [-0.4, -0.2) is 32.1 Å². The van der Waals surface area contributed by atoms with Crippen LogP contribution < -0.4 is 9.47 Å². The molecule has 0 fully saturated rings. The van der Waals surface area contributed by atoms with Gasteiger partial charge in [-0.3, -0.25) is 9.59 Å². The summed E-state index contributed by atoms with van der Waals surface area (Å²) in [6.45, 7) is 1.80. The van der Waals surface area contributed by atoms with Gasteiger partial charge in [0.2, 0.25) is 0 Å². The Morgan fingerprint density at radius 3 is 2.12 bits per heavy atom. The molecule has 132 valence electrons. The van der Waals surface area contributed by atoms with E-state index >= 15 is 0 Å². The Morgan fingerprint density at radius 1 is 0.960 bits per heavy atom. The van der Waals surface area contributed by atoms with Crippen molar-refractivity contribution in [1.82, 2.24) is 0 Å². The van der Waals surface area contributed by atoms with Crippen molar-refractivity contribution in [3.05, 3.63) is 59.7 Å². The van der Waals surface area contributed by atoms with Crippen LogP contribution in [0.15, 0.2) is 48.5 Å². The minimum Gasteiger partial charge on any atom is -0.497 e. The molecule has 0 aliphatic heterocycles. The van der Waals surface area contributed by atoms with Gasteiger partial charge in [0, 0.05) is 12.5 Å². The normalized spacial score (nSPS) is 11.5. The van der Waals surface area contributed by atoms with E-state index in [1.165, 1.54) is 6.92 Å². The fourth-order valence-corrected chi connectivity index (χ4v) is 2.70. The van der Waals surface area contributed by atoms with E-state index in [1.54, 1.807) is 31.4 Å². The number of halogens is 1. The molecule has 0 spiro atoms. The molecule has 0 radical (unpaired) electrons. The van der Waals surface area contributed by atoms with Crippen LogP contribution in [0.5, 0.6) is 11.5 Å². The van der Waals surface area contributed by atoms with Crippen molar-refractivity contribution < 1.29 is 23.8 Å². The molecule has 0 N–H and O–H groups in total. The predicted molar refractivity (Wildman–Crippen MR) is 97.6 cm³/mol. The summed E-state index contributed by atoms with van der Waals surface area (Å²) in [4.78, 5) is 22.8. The second kappa shape index (κ2) is 9.22. The van der Waals surface area contributed by atoms with Crippen molar-refractivity contribution in [2.75, 3.05) is 20.3 Å². The monoisotopic (exact) mass is 406 g/mol. The average molecular weight is 407 g/mol. The molecule has 1 unspecified atom stereocenters. The van der Waals surface area contributed by atoms with Crippen molar-refractivity contribution in [2.24, 2.45) is 0 Å². The number of hydrogen-bond donors (Lipinski definition) is 0. The summed E-state index contributed by atoms with van der Waals surface area (Å²) in [5, 5.41) is 0. The van der Waals surface area contributed by atoms with E-state index in [9.17, 15) is 9.59 Å². The maximum atomic E-state index is 12.6. The molecule has 0 saturated heterocycles. The summed E-state index contributed by atoms with van der Waals surface area (Å²) < 4.78 is 15.4. The van der Waals surface area contributed by atoms with E-state index in [-0.39, 0.29) is 25.0 Å². The van der Waals surface area contributed by atoms with Crippen LogP contribution in [0.2, 0.25) is 0 Å². The van der Waals surface area contributed by atoms with Gasteiger partial charge in [0.15, 0.2) is 5.78 Å². The molecule has 0 heterocycles. The zero-order valence-electron chi connectivity index (χ0n) is 14.0. The van der Waals surface area contributed by atoms with E-state index in [0.29, 0.717) is 11.3 Å². The molecule has 0 amide bonds. The van der Waals surface area contributed by atoms with Gasteiger partial charge in [0.25, 0.3) is 0 Å². The van der Waals surface area contributed by atoms with Crippen molar-refractivity contribution in [1.29, 1.82) is 0 Å². The Balaban J connectivity index is 1.95. The van der Waals surface area contributed by atoms with Crippen LogP contribution in [0.25, 0.3) is 0 Å². The summed E-state index contributed by atoms with van der Waals surface area (Å²) in [6, 6.07) is 14.2. The summed E-state index contributed by atoms with van der Waals surface area (Å²) in [6.07, 6.45) is 0. The number of ketones is 1. The molecule has 0 aromatic heterocycles. The van der Waals surface area contributed by atoms with E-state index in [4.69, 9.17) is 14.2 Å². The molecule has 2 aromatic carbocycles. The van der Waals surface area contributed by atoms with Crippen LogP contribution in [0, 0.1) is 0 Å². The maximum Gasteiger partial charge on any atom is 0.302 e. The third-order valence-corrected chi connectivity index (χ3v) is 4.38. The van der Waals surface area contributed by atoms with E-state index in [2.05, 4.69) is 15.9 Å². The molecule has 0 bridgehead atoms. The van der Waals surface area contributed by atoms with Gasteiger partial charge in [-0.2, -0.15) is 0 Å². The first-order valence-electron chi connectivity index (χ1n) is 7.69. The molecular formula is C19H19BrO5. The Hall–Kier alpha value is -2.34. The summed E-state index contributed by atoms with van der Waals surface area (Å²) in [7, 11) is 1.60. The van der Waals surface area contributed by atoms with E-state index in [1.807, 2.05) is 24.3 Å². The molecule has 25 heavy (non-hydrogen) atoms. The standard InChI is InChI=1S/C19H19BrO5/c1-13(21)24-11-12-25-17-9-5-15(6-10-17)19(22)18(20)14-3-7-16(23-2)8-4-14/h3-10,18H,11-12H2,1-2H3. The molecular weight excluding hydrogens is 388 g/mol. The van der Waals surface area contributed by atoms with Crippen molar-refractivity contribution >= 4 is 27.7 Å². The number of benzene rings is 2. The largest absolute Gasteiger partial charge is 0.497 e. The third kappa shape index (κ3) is 5.60. The SMILES string of the molecule is COc1ccc(C(Br)C(=O)c2ccc(OCCOC(C)=O)cc2)cc1. The number of Topliss-reactive ketones (excluding diaryl/α,β-unsaturated/α-hetero) is 1. The first-order valence-corrected chi connectivity index (χ1v) is 8.61. The topological polar surface area (TPSA) is 61.8 Å². The average Bonchev–Trinajstić information content (AvgIpc) is 2.64. The number of rotatable bonds is 8. The van der Waals surface area contributed by atoms with Crippen LogP contribution in [0.3, 0.4) is 0 Å². The van der Waals surface area contributed by atoms with Gasteiger partial charge in [0.1, 0.15) is 29.5 Å². The van der Waals surface area contributed by atoms with Gasteiger partial charge >= 0.3 is 5.97 Å². The van der Waals surface area contributed by atoms with Crippen LogP contribution in [-0.2, 0) is 9.53 Å². The van der Waals surface area contributed by atoms with Gasteiger partial charge in [-0.15, -0.1) is 0 Å². The molecule has 6 heteroatoms. The van der Waals surface area contributed by atoms with E-state index < -0.39 is 4.83 Å². The first kappa shape index (κ1) is 19.0. The fraction of sp³-hybridized carbons (Fsp3) is 0.263. The van der Waals surface area contributed by atoms with Crippen molar-refractivity contribution in [2.45, 2.75) is 11.8 Å². The Bertz CT molecular complexity index is 710. The number of hydrogen-bond acceptors (Lipinski definition) is 5. The second-order valence-corrected chi connectivity index (χ2v) is 6.13. The lowest BCUT2D eigenvalue weighted by Gasteiger charge is -2.11. The molecule has 2 aromatic rings. The molecule has 5 nitrogen and oxygen atoms in total. The predicted octanol–water partition coefficient (Wildman–Crippen LogP) is 3.96. The first-order chi connectivity index (χ1) is 12.0. The maximum absolute atomic E-state index is 12.6. The smallest absolute Gasteiger partial charge is 0.302 e. The highest BCUT2D eigenvalue weighted by Gasteiger charge is 2.19. The highest BCUT2D eigenvalue weighted by Crippen LogP contribution is 2.29. The molecule has 2 rings (SSSR count). The lowest BCUT2D eigenvalue weighted by atomic mass is 10.0. The summed E-state index contributed by atoms with van der Waals surface area (Å²) in [5.41, 5.74) is 1.43. The number of esters is 1. The van der Waals surface area contributed by atoms with Gasteiger partial charge in [-0.25, -0.2) is 0 Å². The molecule has 0 saturated carbocycles. The molecule has 0 aliphatic rings. The third-order valence-electron chi connectivity index (χ3n) is 3.43. The Labute approximate surface area is 155 Å². The minimum absolute atomic E-state index is 0.0448. The number of carbonyl (C=O) groups is 2.